The topological polar surface area (TPSA) is 64.0 Å². The molecule has 108 valence electrons. The van der Waals surface area contributed by atoms with Gasteiger partial charge in [0.2, 0.25) is 0 Å². The molecule has 6 heteroatoms. The van der Waals surface area contributed by atoms with E-state index in [4.69, 9.17) is 0 Å². The first-order chi connectivity index (χ1) is 9.05. The molecule has 1 heterocycles. The van der Waals surface area contributed by atoms with Crippen LogP contribution < -0.4 is 5.32 Å². The van der Waals surface area contributed by atoms with E-state index in [1.165, 1.54) is 6.26 Å². The molecule has 0 spiro atoms. The highest BCUT2D eigenvalue weighted by atomic mass is 32.2. The van der Waals surface area contributed by atoms with Crippen molar-refractivity contribution in [2.45, 2.75) is 49.9 Å². The summed E-state index contributed by atoms with van der Waals surface area (Å²) in [6.07, 6.45) is 9.80. The molecule has 1 saturated carbocycles. The van der Waals surface area contributed by atoms with Gasteiger partial charge < -0.3 is 5.32 Å². The van der Waals surface area contributed by atoms with Gasteiger partial charge in [-0.05, 0) is 38.3 Å². The lowest BCUT2D eigenvalue weighted by molar-refractivity contribution is 0.366. The molecule has 2 unspecified atom stereocenters. The first-order valence-electron chi connectivity index (χ1n) is 6.95. The third-order valence-electron chi connectivity index (χ3n) is 3.79. The summed E-state index contributed by atoms with van der Waals surface area (Å²) in [6.45, 7) is 1.82. The Labute approximate surface area is 115 Å². The Morgan fingerprint density at radius 2 is 2.26 bits per heavy atom. The number of sulfone groups is 1. The molecule has 0 amide bonds. The second-order valence-electron chi connectivity index (χ2n) is 5.39. The van der Waals surface area contributed by atoms with E-state index in [9.17, 15) is 8.42 Å². The fraction of sp³-hybridized carbons (Fsp3) is 0.769. The van der Waals surface area contributed by atoms with Gasteiger partial charge in [-0.1, -0.05) is 6.42 Å². The van der Waals surface area contributed by atoms with E-state index < -0.39 is 9.84 Å². The molecule has 1 aromatic rings. The quantitative estimate of drug-likeness (QED) is 0.798. The highest BCUT2D eigenvalue weighted by Gasteiger charge is 2.28. The van der Waals surface area contributed by atoms with E-state index in [1.54, 1.807) is 6.20 Å². The molecular formula is C13H23N3O2S. The van der Waals surface area contributed by atoms with Crippen molar-refractivity contribution in [1.29, 1.82) is 0 Å². The Bertz CT molecular complexity index is 470. The van der Waals surface area contributed by atoms with Crippen molar-refractivity contribution in [1.82, 2.24) is 15.1 Å². The lowest BCUT2D eigenvalue weighted by Gasteiger charge is -2.28. The molecule has 1 aliphatic carbocycles. The Morgan fingerprint density at radius 3 is 2.95 bits per heavy atom. The second-order valence-corrected chi connectivity index (χ2v) is 7.72. The van der Waals surface area contributed by atoms with Gasteiger partial charge in [0.1, 0.15) is 9.84 Å². The zero-order chi connectivity index (χ0) is 13.7. The summed E-state index contributed by atoms with van der Waals surface area (Å²) in [7, 11) is -2.88. The smallest absolute Gasteiger partial charge is 0.150 e. The molecule has 0 bridgehead atoms. The summed E-state index contributed by atoms with van der Waals surface area (Å²) in [5.41, 5.74) is 0. The summed E-state index contributed by atoms with van der Waals surface area (Å²) in [6, 6.07) is 2.27. The molecule has 2 atom stereocenters. The summed E-state index contributed by atoms with van der Waals surface area (Å²) in [5.74, 6) is 0. The van der Waals surface area contributed by atoms with E-state index >= 15 is 0 Å². The lowest BCUT2D eigenvalue weighted by Crippen LogP contribution is -2.39. The molecule has 1 aromatic heterocycles. The van der Waals surface area contributed by atoms with Crippen LogP contribution in [0.4, 0.5) is 0 Å². The van der Waals surface area contributed by atoms with Crippen molar-refractivity contribution in [2.24, 2.45) is 0 Å². The minimum absolute atomic E-state index is 0.148. The van der Waals surface area contributed by atoms with Gasteiger partial charge in [0.05, 0.1) is 5.25 Å². The van der Waals surface area contributed by atoms with Crippen molar-refractivity contribution < 1.29 is 8.42 Å². The van der Waals surface area contributed by atoms with Crippen molar-refractivity contribution >= 4 is 9.84 Å². The highest BCUT2D eigenvalue weighted by Crippen LogP contribution is 2.23. The summed E-state index contributed by atoms with van der Waals surface area (Å²) in [4.78, 5) is 0. The lowest BCUT2D eigenvalue weighted by atomic mass is 9.95. The van der Waals surface area contributed by atoms with Gasteiger partial charge in [0, 0.05) is 31.2 Å². The Hall–Kier alpha value is -0.880. The van der Waals surface area contributed by atoms with Crippen molar-refractivity contribution in [3.05, 3.63) is 18.5 Å². The minimum Gasteiger partial charge on any atom is -0.314 e. The van der Waals surface area contributed by atoms with Gasteiger partial charge >= 0.3 is 0 Å². The molecular weight excluding hydrogens is 262 g/mol. The molecule has 0 aliphatic heterocycles. The molecule has 0 saturated heterocycles. The predicted octanol–water partition coefficient (Wildman–Crippen LogP) is 1.22. The highest BCUT2D eigenvalue weighted by molar-refractivity contribution is 7.91. The second kappa shape index (κ2) is 6.52. The maximum Gasteiger partial charge on any atom is 0.150 e. The maximum atomic E-state index is 11.6. The fourth-order valence-corrected chi connectivity index (χ4v) is 3.88. The molecule has 19 heavy (non-hydrogen) atoms. The van der Waals surface area contributed by atoms with Gasteiger partial charge in [-0.3, -0.25) is 4.68 Å². The van der Waals surface area contributed by atoms with Gasteiger partial charge in [-0.15, -0.1) is 0 Å². The van der Waals surface area contributed by atoms with E-state index in [0.29, 0.717) is 6.04 Å². The number of hydrogen-bond acceptors (Lipinski definition) is 4. The van der Waals surface area contributed by atoms with Crippen LogP contribution in [0.3, 0.4) is 0 Å². The van der Waals surface area contributed by atoms with Crippen molar-refractivity contribution in [3.63, 3.8) is 0 Å². The van der Waals surface area contributed by atoms with Crippen LogP contribution in [0.1, 0.15) is 32.1 Å². The number of aryl methyl sites for hydroxylation is 1. The van der Waals surface area contributed by atoms with Gasteiger partial charge in [0.25, 0.3) is 0 Å². The van der Waals surface area contributed by atoms with Gasteiger partial charge in [0.15, 0.2) is 0 Å². The van der Waals surface area contributed by atoms with Crippen LogP contribution in [-0.4, -0.2) is 42.3 Å². The van der Waals surface area contributed by atoms with Crippen LogP contribution in [0.5, 0.6) is 0 Å². The Balaban J connectivity index is 1.68. The molecule has 1 N–H and O–H groups in total. The van der Waals surface area contributed by atoms with Crippen LogP contribution in [0.15, 0.2) is 18.5 Å². The first kappa shape index (κ1) is 14.5. The van der Waals surface area contributed by atoms with Gasteiger partial charge in [-0.25, -0.2) is 8.42 Å². The minimum atomic E-state index is -2.88. The number of rotatable bonds is 6. The van der Waals surface area contributed by atoms with Crippen LogP contribution in [0, 0.1) is 0 Å². The average molecular weight is 285 g/mol. The van der Waals surface area contributed by atoms with E-state index in [1.807, 2.05) is 16.9 Å². The molecule has 5 nitrogen and oxygen atoms in total. The average Bonchev–Trinajstić information content (AvgIpc) is 2.87. The Morgan fingerprint density at radius 1 is 1.42 bits per heavy atom. The first-order valence-corrected chi connectivity index (χ1v) is 8.91. The SMILES string of the molecule is CS(=O)(=O)C1CCCC(NCCCn2cccn2)C1. The number of nitrogens with one attached hydrogen (secondary N) is 1. The molecule has 2 rings (SSSR count). The van der Waals surface area contributed by atoms with Crippen molar-refractivity contribution in [2.75, 3.05) is 12.8 Å². The zero-order valence-corrected chi connectivity index (χ0v) is 12.3. The standard InChI is InChI=1S/C13H23N3O2S/c1-19(17,18)13-6-2-5-12(11-13)14-7-3-9-16-10-4-8-15-16/h4,8,10,12-14H,2-3,5-7,9,11H2,1H3. The molecule has 0 aromatic carbocycles. The number of nitrogens with zero attached hydrogens (tertiary/aromatic N) is 2. The summed E-state index contributed by atoms with van der Waals surface area (Å²) < 4.78 is 25.1. The molecule has 1 fully saturated rings. The molecule has 0 radical (unpaired) electrons. The van der Waals surface area contributed by atoms with Crippen LogP contribution in [-0.2, 0) is 16.4 Å². The Kier molecular flexibility index (Phi) is 4.99. The third-order valence-corrected chi connectivity index (χ3v) is 5.43. The zero-order valence-electron chi connectivity index (χ0n) is 11.5. The van der Waals surface area contributed by atoms with Crippen LogP contribution >= 0.6 is 0 Å². The maximum absolute atomic E-state index is 11.6. The normalized spacial score (nSPS) is 24.5. The number of aromatic nitrogens is 2. The van der Waals surface area contributed by atoms with Gasteiger partial charge in [-0.2, -0.15) is 5.10 Å². The van der Waals surface area contributed by atoms with E-state index in [-0.39, 0.29) is 5.25 Å². The van der Waals surface area contributed by atoms with Crippen LogP contribution in [0.2, 0.25) is 0 Å². The van der Waals surface area contributed by atoms with Crippen molar-refractivity contribution in [3.8, 4) is 0 Å². The largest absolute Gasteiger partial charge is 0.314 e. The van der Waals surface area contributed by atoms with E-state index in [2.05, 4.69) is 10.4 Å². The third kappa shape index (κ3) is 4.62. The monoisotopic (exact) mass is 285 g/mol. The number of hydrogen-bond donors (Lipinski definition) is 1. The summed E-state index contributed by atoms with van der Waals surface area (Å²) >= 11 is 0. The van der Waals surface area contributed by atoms with Crippen LogP contribution in [0.25, 0.3) is 0 Å². The fourth-order valence-electron chi connectivity index (χ4n) is 2.70. The summed E-state index contributed by atoms with van der Waals surface area (Å²) in [5, 5.41) is 7.49. The predicted molar refractivity (Wildman–Crippen MR) is 75.7 cm³/mol. The molecule has 1 aliphatic rings. The van der Waals surface area contributed by atoms with E-state index in [0.717, 1.165) is 45.2 Å².